The molecule has 0 aromatic heterocycles. The first kappa shape index (κ1) is 20.8. The topological polar surface area (TPSA) is 66.4 Å². The van der Waals surface area contributed by atoms with Gasteiger partial charge in [0.05, 0.1) is 6.10 Å². The van der Waals surface area contributed by atoms with Gasteiger partial charge in [0.15, 0.2) is 5.78 Å². The van der Waals surface area contributed by atoms with Crippen LogP contribution in [0.15, 0.2) is 48.5 Å². The van der Waals surface area contributed by atoms with E-state index in [1.807, 2.05) is 12.1 Å². The molecule has 0 aliphatic carbocycles. The zero-order chi connectivity index (χ0) is 19.8. The van der Waals surface area contributed by atoms with Crippen molar-refractivity contribution in [2.75, 3.05) is 6.54 Å². The number of ketones is 1. The van der Waals surface area contributed by atoms with E-state index in [2.05, 4.69) is 19.2 Å². The summed E-state index contributed by atoms with van der Waals surface area (Å²) in [6.45, 7) is 4.30. The average Bonchev–Trinajstić information content (AvgIpc) is 2.65. The van der Waals surface area contributed by atoms with Crippen LogP contribution in [0, 0.1) is 11.7 Å². The van der Waals surface area contributed by atoms with Crippen LogP contribution in [-0.4, -0.2) is 23.3 Å². The lowest BCUT2D eigenvalue weighted by Crippen LogP contribution is -2.28. The van der Waals surface area contributed by atoms with Crippen molar-refractivity contribution in [3.8, 4) is 0 Å². The largest absolute Gasteiger partial charge is 0.387 e. The Morgan fingerprint density at radius 1 is 1.00 bits per heavy atom. The van der Waals surface area contributed by atoms with Gasteiger partial charge in [-0.05, 0) is 35.6 Å². The van der Waals surface area contributed by atoms with Crippen LogP contribution in [0.5, 0.6) is 0 Å². The normalized spacial score (nSPS) is 12.0. The smallest absolute Gasteiger partial charge is 0.220 e. The summed E-state index contributed by atoms with van der Waals surface area (Å²) in [5.41, 5.74) is 2.31. The Morgan fingerprint density at radius 2 is 1.63 bits per heavy atom. The molecule has 0 saturated carbocycles. The number of nitrogens with one attached hydrogen (secondary N) is 1. The van der Waals surface area contributed by atoms with Gasteiger partial charge in [0.25, 0.3) is 0 Å². The van der Waals surface area contributed by atoms with Gasteiger partial charge < -0.3 is 10.4 Å². The quantitative estimate of drug-likeness (QED) is 0.658. The lowest BCUT2D eigenvalue weighted by atomic mass is 9.99. The van der Waals surface area contributed by atoms with Crippen LogP contribution in [0.4, 0.5) is 4.39 Å². The van der Waals surface area contributed by atoms with Gasteiger partial charge in [-0.25, -0.2) is 4.39 Å². The van der Waals surface area contributed by atoms with Gasteiger partial charge in [0.1, 0.15) is 5.82 Å². The molecule has 1 amide bonds. The number of aliphatic hydroxyl groups excluding tert-OH is 1. The number of hydrogen-bond acceptors (Lipinski definition) is 3. The van der Waals surface area contributed by atoms with E-state index >= 15 is 0 Å². The molecule has 0 bridgehead atoms. The van der Waals surface area contributed by atoms with E-state index in [0.29, 0.717) is 17.0 Å². The second kappa shape index (κ2) is 9.97. The summed E-state index contributed by atoms with van der Waals surface area (Å²) in [6, 6.07) is 13.0. The SMILES string of the molecule is CC(C)Cc1ccc(C(=O)CCC(=O)NCC(O)c2ccc(F)cc2)cc1. The Bertz CT molecular complexity index is 754. The molecule has 2 N–H and O–H groups in total. The van der Waals surface area contributed by atoms with Gasteiger partial charge in [0.2, 0.25) is 5.91 Å². The number of rotatable bonds is 9. The maximum Gasteiger partial charge on any atom is 0.220 e. The molecule has 1 atom stereocenters. The van der Waals surface area contributed by atoms with Gasteiger partial charge in [-0.3, -0.25) is 9.59 Å². The molecule has 0 saturated heterocycles. The van der Waals surface area contributed by atoms with E-state index in [0.717, 1.165) is 6.42 Å². The van der Waals surface area contributed by atoms with Gasteiger partial charge in [-0.15, -0.1) is 0 Å². The molecule has 0 heterocycles. The zero-order valence-electron chi connectivity index (χ0n) is 15.7. The van der Waals surface area contributed by atoms with E-state index in [-0.39, 0.29) is 36.9 Å². The minimum absolute atomic E-state index is 0.0164. The standard InChI is InChI=1S/C22H26FNO3/c1-15(2)13-16-3-5-17(6-4-16)20(25)11-12-22(27)24-14-21(26)18-7-9-19(23)10-8-18/h3-10,15,21,26H,11-14H2,1-2H3,(H,24,27). The maximum atomic E-state index is 12.9. The average molecular weight is 371 g/mol. The molecule has 0 radical (unpaired) electrons. The first-order valence-electron chi connectivity index (χ1n) is 9.17. The molecule has 27 heavy (non-hydrogen) atoms. The summed E-state index contributed by atoms with van der Waals surface area (Å²) in [6.07, 6.45) is 0.219. The van der Waals surface area contributed by atoms with Crippen LogP contribution in [0.1, 0.15) is 54.3 Å². The van der Waals surface area contributed by atoms with Gasteiger partial charge in [-0.1, -0.05) is 50.2 Å². The molecular formula is C22H26FNO3. The summed E-state index contributed by atoms with van der Waals surface area (Å²) in [4.78, 5) is 24.1. The Morgan fingerprint density at radius 3 is 2.22 bits per heavy atom. The third-order valence-corrected chi connectivity index (χ3v) is 4.25. The summed E-state index contributed by atoms with van der Waals surface area (Å²) >= 11 is 0. The molecule has 4 nitrogen and oxygen atoms in total. The number of amides is 1. The highest BCUT2D eigenvalue weighted by Crippen LogP contribution is 2.13. The van der Waals surface area contributed by atoms with Gasteiger partial charge in [-0.2, -0.15) is 0 Å². The number of benzene rings is 2. The van der Waals surface area contributed by atoms with Gasteiger partial charge in [0, 0.05) is 24.9 Å². The van der Waals surface area contributed by atoms with Crippen molar-refractivity contribution in [2.24, 2.45) is 5.92 Å². The lowest BCUT2D eigenvalue weighted by molar-refractivity contribution is -0.121. The van der Waals surface area contributed by atoms with E-state index in [1.54, 1.807) is 12.1 Å². The number of Topliss-reactive ketones (excluding diaryl/α,β-unsaturated/α-hetero) is 1. The molecule has 0 aliphatic rings. The molecule has 0 fully saturated rings. The fraction of sp³-hybridized carbons (Fsp3) is 0.364. The Labute approximate surface area is 159 Å². The third-order valence-electron chi connectivity index (χ3n) is 4.25. The fourth-order valence-corrected chi connectivity index (χ4v) is 2.77. The van der Waals surface area contributed by atoms with Crippen molar-refractivity contribution in [3.63, 3.8) is 0 Å². The number of hydrogen-bond donors (Lipinski definition) is 2. The predicted octanol–water partition coefficient (Wildman–Crippen LogP) is 3.84. The number of carbonyl (C=O) groups is 2. The first-order valence-corrected chi connectivity index (χ1v) is 9.17. The number of carbonyl (C=O) groups excluding carboxylic acids is 2. The second-order valence-corrected chi connectivity index (χ2v) is 7.09. The van der Waals surface area contributed by atoms with Crippen molar-refractivity contribution in [1.82, 2.24) is 5.32 Å². The fourth-order valence-electron chi connectivity index (χ4n) is 2.77. The minimum atomic E-state index is -0.918. The Kier molecular flexibility index (Phi) is 7.67. The summed E-state index contributed by atoms with van der Waals surface area (Å²) in [5, 5.41) is 12.6. The van der Waals surface area contributed by atoms with E-state index in [4.69, 9.17) is 0 Å². The molecule has 0 spiro atoms. The van der Waals surface area contributed by atoms with Crippen LogP contribution in [0.3, 0.4) is 0 Å². The highest BCUT2D eigenvalue weighted by Gasteiger charge is 2.12. The zero-order valence-corrected chi connectivity index (χ0v) is 15.7. The van der Waals surface area contributed by atoms with Crippen molar-refractivity contribution < 1.29 is 19.1 Å². The Balaban J connectivity index is 1.75. The number of halogens is 1. The molecule has 0 aliphatic heterocycles. The van der Waals surface area contributed by atoms with Gasteiger partial charge >= 0.3 is 0 Å². The molecular weight excluding hydrogens is 345 g/mol. The van der Waals surface area contributed by atoms with Crippen molar-refractivity contribution in [3.05, 3.63) is 71.0 Å². The Hall–Kier alpha value is -2.53. The van der Waals surface area contributed by atoms with Crippen LogP contribution in [0.2, 0.25) is 0 Å². The van der Waals surface area contributed by atoms with Crippen molar-refractivity contribution in [2.45, 2.75) is 39.2 Å². The van der Waals surface area contributed by atoms with Crippen molar-refractivity contribution >= 4 is 11.7 Å². The van der Waals surface area contributed by atoms with E-state index in [1.165, 1.54) is 29.8 Å². The molecule has 2 aromatic rings. The monoisotopic (exact) mass is 371 g/mol. The molecule has 1 unspecified atom stereocenters. The van der Waals surface area contributed by atoms with E-state index < -0.39 is 6.10 Å². The van der Waals surface area contributed by atoms with Crippen LogP contribution in [0.25, 0.3) is 0 Å². The lowest BCUT2D eigenvalue weighted by Gasteiger charge is -2.12. The number of aliphatic hydroxyl groups is 1. The van der Waals surface area contributed by atoms with E-state index in [9.17, 15) is 19.1 Å². The highest BCUT2D eigenvalue weighted by molar-refractivity contribution is 5.97. The second-order valence-electron chi connectivity index (χ2n) is 7.09. The van der Waals surface area contributed by atoms with Crippen molar-refractivity contribution in [1.29, 1.82) is 0 Å². The third kappa shape index (κ3) is 6.94. The summed E-state index contributed by atoms with van der Waals surface area (Å²) < 4.78 is 12.9. The van der Waals surface area contributed by atoms with Crippen LogP contribution >= 0.6 is 0 Å². The predicted molar refractivity (Wildman–Crippen MR) is 103 cm³/mol. The highest BCUT2D eigenvalue weighted by atomic mass is 19.1. The molecule has 5 heteroatoms. The van der Waals surface area contributed by atoms with Crippen LogP contribution < -0.4 is 5.32 Å². The summed E-state index contributed by atoms with van der Waals surface area (Å²) in [7, 11) is 0. The molecule has 144 valence electrons. The molecule has 2 aromatic carbocycles. The minimum Gasteiger partial charge on any atom is -0.387 e. The van der Waals surface area contributed by atoms with Crippen LogP contribution in [-0.2, 0) is 11.2 Å². The summed E-state index contributed by atoms with van der Waals surface area (Å²) in [5.74, 6) is -0.215. The maximum absolute atomic E-state index is 12.9. The molecule has 2 rings (SSSR count). The first-order chi connectivity index (χ1) is 12.8.